The molecule has 0 saturated carbocycles. The SMILES string of the molecule is CN1CCCC1COc1nc(N2CCNCC2)c2cc(Cl)c(-c3cc(O)cc4ccccc34)c(F)c2n1. The third-order valence-electron chi connectivity index (χ3n) is 7.45. The van der Waals surface area contributed by atoms with Gasteiger partial charge in [0.2, 0.25) is 0 Å². The van der Waals surface area contributed by atoms with Crippen molar-refractivity contribution in [2.24, 2.45) is 0 Å². The second-order valence-corrected chi connectivity index (χ2v) is 10.2. The molecule has 2 saturated heterocycles. The van der Waals surface area contributed by atoms with Gasteiger partial charge in [0.1, 0.15) is 23.7 Å². The van der Waals surface area contributed by atoms with E-state index >= 15 is 4.39 Å². The Bertz CT molecular complexity index is 1480. The van der Waals surface area contributed by atoms with Gasteiger partial charge in [0, 0.05) is 43.2 Å². The monoisotopic (exact) mass is 521 g/mol. The Labute approximate surface area is 219 Å². The molecule has 0 spiro atoms. The van der Waals surface area contributed by atoms with Crippen LogP contribution >= 0.6 is 11.6 Å². The molecule has 0 aliphatic carbocycles. The van der Waals surface area contributed by atoms with Crippen molar-refractivity contribution < 1.29 is 14.2 Å². The number of halogens is 2. The molecule has 7 nitrogen and oxygen atoms in total. The molecule has 37 heavy (non-hydrogen) atoms. The molecule has 0 bridgehead atoms. The van der Waals surface area contributed by atoms with Gasteiger partial charge < -0.3 is 25.0 Å². The fourth-order valence-corrected chi connectivity index (χ4v) is 5.75. The van der Waals surface area contributed by atoms with Crippen LogP contribution in [-0.4, -0.2) is 72.4 Å². The normalized spacial score (nSPS) is 18.7. The number of benzene rings is 3. The summed E-state index contributed by atoms with van der Waals surface area (Å²) >= 11 is 6.76. The molecule has 1 aromatic heterocycles. The fraction of sp³-hybridized carbons (Fsp3) is 0.357. The van der Waals surface area contributed by atoms with Crippen LogP contribution in [0.3, 0.4) is 0 Å². The fourth-order valence-electron chi connectivity index (χ4n) is 5.45. The van der Waals surface area contributed by atoms with Gasteiger partial charge in [-0.15, -0.1) is 0 Å². The number of rotatable bonds is 5. The lowest BCUT2D eigenvalue weighted by molar-refractivity contribution is 0.188. The van der Waals surface area contributed by atoms with Gasteiger partial charge in [-0.25, -0.2) is 4.39 Å². The van der Waals surface area contributed by atoms with Gasteiger partial charge in [0.05, 0.1) is 5.02 Å². The largest absolute Gasteiger partial charge is 0.508 e. The maximum Gasteiger partial charge on any atom is 0.319 e. The van der Waals surface area contributed by atoms with Gasteiger partial charge in [0.25, 0.3) is 0 Å². The zero-order valence-corrected chi connectivity index (χ0v) is 21.4. The highest BCUT2D eigenvalue weighted by Crippen LogP contribution is 2.42. The van der Waals surface area contributed by atoms with Gasteiger partial charge in [-0.3, -0.25) is 0 Å². The number of aromatic hydroxyl groups is 1. The number of aromatic nitrogens is 2. The predicted octanol–water partition coefficient (Wildman–Crippen LogP) is 4.83. The number of likely N-dealkylation sites (N-methyl/N-ethyl adjacent to an activating group) is 1. The van der Waals surface area contributed by atoms with Crippen LogP contribution in [0.15, 0.2) is 42.5 Å². The molecule has 0 amide bonds. The molecule has 2 aliphatic rings. The molecular weight excluding hydrogens is 493 g/mol. The molecule has 3 aromatic carbocycles. The van der Waals surface area contributed by atoms with Gasteiger partial charge in [-0.1, -0.05) is 35.9 Å². The second-order valence-electron chi connectivity index (χ2n) is 9.81. The summed E-state index contributed by atoms with van der Waals surface area (Å²) < 4.78 is 22.5. The molecular formula is C28H29ClFN5O2. The highest BCUT2D eigenvalue weighted by Gasteiger charge is 2.26. The molecule has 6 rings (SSSR count). The summed E-state index contributed by atoms with van der Waals surface area (Å²) in [7, 11) is 2.09. The quantitative estimate of drug-likeness (QED) is 0.389. The highest BCUT2D eigenvalue weighted by molar-refractivity contribution is 6.35. The number of fused-ring (bicyclic) bond motifs is 2. The van der Waals surface area contributed by atoms with Crippen LogP contribution in [-0.2, 0) is 0 Å². The lowest BCUT2D eigenvalue weighted by Gasteiger charge is -2.29. The maximum atomic E-state index is 16.5. The van der Waals surface area contributed by atoms with Crippen molar-refractivity contribution in [2.75, 3.05) is 51.3 Å². The van der Waals surface area contributed by atoms with Crippen molar-refractivity contribution in [1.29, 1.82) is 0 Å². The smallest absolute Gasteiger partial charge is 0.319 e. The zero-order chi connectivity index (χ0) is 25.5. The number of anilines is 1. The first-order valence-corrected chi connectivity index (χ1v) is 13.1. The van der Waals surface area contributed by atoms with Crippen molar-refractivity contribution in [3.05, 3.63) is 53.3 Å². The number of nitrogens with zero attached hydrogens (tertiary/aromatic N) is 4. The summed E-state index contributed by atoms with van der Waals surface area (Å²) in [4.78, 5) is 13.7. The van der Waals surface area contributed by atoms with Crippen LogP contribution in [0.2, 0.25) is 5.02 Å². The van der Waals surface area contributed by atoms with Crippen LogP contribution in [0.5, 0.6) is 11.8 Å². The van der Waals surface area contributed by atoms with E-state index in [9.17, 15) is 5.11 Å². The summed E-state index contributed by atoms with van der Waals surface area (Å²) in [6.45, 7) is 4.55. The van der Waals surface area contributed by atoms with E-state index in [4.69, 9.17) is 21.3 Å². The number of phenols is 1. The van der Waals surface area contributed by atoms with Gasteiger partial charge in [-0.2, -0.15) is 9.97 Å². The van der Waals surface area contributed by atoms with Crippen molar-refractivity contribution in [3.63, 3.8) is 0 Å². The lowest BCUT2D eigenvalue weighted by atomic mass is 9.96. The van der Waals surface area contributed by atoms with E-state index in [1.807, 2.05) is 24.3 Å². The van der Waals surface area contributed by atoms with Crippen LogP contribution in [0.1, 0.15) is 12.8 Å². The number of nitrogens with one attached hydrogen (secondary N) is 1. The van der Waals surface area contributed by atoms with Crippen LogP contribution in [0, 0.1) is 5.82 Å². The minimum absolute atomic E-state index is 0.0400. The molecule has 4 aromatic rings. The van der Waals surface area contributed by atoms with E-state index in [0.717, 1.165) is 56.3 Å². The van der Waals surface area contributed by atoms with Crippen molar-refractivity contribution in [3.8, 4) is 22.9 Å². The molecule has 2 N–H and O–H groups in total. The Morgan fingerprint density at radius 1 is 1.11 bits per heavy atom. The molecule has 2 fully saturated rings. The Kier molecular flexibility index (Phi) is 6.48. The summed E-state index contributed by atoms with van der Waals surface area (Å²) in [6, 6.07) is 12.9. The standard InChI is InChI=1S/C28H29ClFN5O2/c1-34-10-4-6-18(34)16-37-28-32-26-22(27(33-28)35-11-8-31-9-12-35)15-23(29)24(25(26)30)21-14-19(36)13-17-5-2-3-7-20(17)21/h2-3,5,7,13-15,18,31,36H,4,6,8-12,16H2,1H3. The first-order valence-electron chi connectivity index (χ1n) is 12.7. The lowest BCUT2D eigenvalue weighted by Crippen LogP contribution is -2.44. The molecule has 2 aliphatic heterocycles. The Morgan fingerprint density at radius 2 is 1.92 bits per heavy atom. The summed E-state index contributed by atoms with van der Waals surface area (Å²) in [5, 5.41) is 16.1. The van der Waals surface area contributed by atoms with Gasteiger partial charge in [0.15, 0.2) is 5.82 Å². The minimum atomic E-state index is -0.556. The number of hydrogen-bond donors (Lipinski definition) is 2. The Morgan fingerprint density at radius 3 is 2.70 bits per heavy atom. The third-order valence-corrected chi connectivity index (χ3v) is 7.75. The minimum Gasteiger partial charge on any atom is -0.508 e. The predicted molar refractivity (Wildman–Crippen MR) is 145 cm³/mol. The first kappa shape index (κ1) is 24.2. The maximum absolute atomic E-state index is 16.5. The number of hydrogen-bond acceptors (Lipinski definition) is 7. The molecule has 192 valence electrons. The van der Waals surface area contributed by atoms with Crippen molar-refractivity contribution >= 4 is 39.1 Å². The van der Waals surface area contributed by atoms with Gasteiger partial charge >= 0.3 is 6.01 Å². The number of phenolic OH excluding ortho intramolecular Hbond substituents is 1. The van der Waals surface area contributed by atoms with Crippen molar-refractivity contribution in [1.82, 2.24) is 20.2 Å². The molecule has 3 heterocycles. The Hall–Kier alpha value is -3.20. The summed E-state index contributed by atoms with van der Waals surface area (Å²) in [5.74, 6) is 0.104. The van der Waals surface area contributed by atoms with E-state index in [2.05, 4.69) is 27.1 Å². The van der Waals surface area contributed by atoms with E-state index in [0.29, 0.717) is 23.4 Å². The average Bonchev–Trinajstić information content (AvgIpc) is 3.32. The summed E-state index contributed by atoms with van der Waals surface area (Å²) in [5.41, 5.74) is 0.871. The number of piperazine rings is 1. The molecule has 0 radical (unpaired) electrons. The molecule has 1 unspecified atom stereocenters. The van der Waals surface area contributed by atoms with Crippen LogP contribution < -0.4 is 15.0 Å². The topological polar surface area (TPSA) is 73.8 Å². The van der Waals surface area contributed by atoms with Gasteiger partial charge in [-0.05, 0) is 61.0 Å². The van der Waals surface area contributed by atoms with E-state index in [1.165, 1.54) is 0 Å². The third kappa shape index (κ3) is 4.54. The second kappa shape index (κ2) is 9.93. The molecule has 9 heteroatoms. The van der Waals surface area contributed by atoms with Crippen LogP contribution in [0.4, 0.5) is 10.2 Å². The van der Waals surface area contributed by atoms with Crippen LogP contribution in [0.25, 0.3) is 32.8 Å². The number of ether oxygens (including phenoxy) is 1. The average molecular weight is 522 g/mol. The van der Waals surface area contributed by atoms with Crippen molar-refractivity contribution in [2.45, 2.75) is 18.9 Å². The highest BCUT2D eigenvalue weighted by atomic mass is 35.5. The van der Waals surface area contributed by atoms with E-state index < -0.39 is 5.82 Å². The molecule has 1 atom stereocenters. The van der Waals surface area contributed by atoms with E-state index in [-0.39, 0.29) is 33.9 Å². The zero-order valence-electron chi connectivity index (χ0n) is 20.7. The number of likely N-dealkylation sites (tertiary alicyclic amines) is 1. The van der Waals surface area contributed by atoms with E-state index in [1.54, 1.807) is 18.2 Å². The Balaban J connectivity index is 1.52. The first-order chi connectivity index (χ1) is 18.0. The summed E-state index contributed by atoms with van der Waals surface area (Å²) in [6.07, 6.45) is 2.18.